The molecule has 0 spiro atoms. The van der Waals surface area contributed by atoms with Crippen LogP contribution >= 0.6 is 22.9 Å². The fourth-order valence-electron chi connectivity index (χ4n) is 1.99. The Balaban J connectivity index is 1.81. The molecular weight excluding hydrogens is 302 g/mol. The van der Waals surface area contributed by atoms with Crippen molar-refractivity contribution in [2.24, 2.45) is 0 Å². The molecule has 1 N–H and O–H groups in total. The maximum absolute atomic E-state index is 6.00. The van der Waals surface area contributed by atoms with Crippen molar-refractivity contribution in [1.82, 2.24) is 15.5 Å². The average Bonchev–Trinajstić information content (AvgIpc) is 2.81. The van der Waals surface area contributed by atoms with Gasteiger partial charge in [-0.25, -0.2) is 0 Å². The van der Waals surface area contributed by atoms with Crippen LogP contribution in [0.15, 0.2) is 24.3 Å². The van der Waals surface area contributed by atoms with Crippen molar-refractivity contribution in [2.45, 2.75) is 45.6 Å². The zero-order valence-electron chi connectivity index (χ0n) is 12.8. The van der Waals surface area contributed by atoms with Gasteiger partial charge < -0.3 is 5.32 Å². The lowest BCUT2D eigenvalue weighted by atomic mass is 10.1. The zero-order valence-corrected chi connectivity index (χ0v) is 14.4. The van der Waals surface area contributed by atoms with E-state index >= 15 is 0 Å². The van der Waals surface area contributed by atoms with Crippen molar-refractivity contribution < 1.29 is 0 Å². The van der Waals surface area contributed by atoms with Crippen LogP contribution < -0.4 is 5.32 Å². The zero-order chi connectivity index (χ0) is 15.3. The highest BCUT2D eigenvalue weighted by molar-refractivity contribution is 7.11. The second kappa shape index (κ2) is 7.34. The number of nitrogens with zero attached hydrogens (tertiary/aromatic N) is 2. The van der Waals surface area contributed by atoms with Crippen LogP contribution in [0.2, 0.25) is 5.02 Å². The Kier molecular flexibility index (Phi) is 5.73. The molecule has 0 radical (unpaired) electrons. The molecule has 0 aliphatic rings. The van der Waals surface area contributed by atoms with Crippen LogP contribution in [0, 0.1) is 0 Å². The topological polar surface area (TPSA) is 37.8 Å². The van der Waals surface area contributed by atoms with E-state index in [2.05, 4.69) is 42.4 Å². The summed E-state index contributed by atoms with van der Waals surface area (Å²) in [5.74, 6) is 0. The maximum atomic E-state index is 6.00. The van der Waals surface area contributed by atoms with E-state index in [1.165, 1.54) is 5.56 Å². The van der Waals surface area contributed by atoms with Gasteiger partial charge in [0.15, 0.2) is 0 Å². The largest absolute Gasteiger partial charge is 0.312 e. The molecule has 0 aliphatic carbocycles. The average molecular weight is 324 g/mol. The molecule has 0 saturated heterocycles. The first kappa shape index (κ1) is 16.4. The molecule has 0 atom stereocenters. The van der Waals surface area contributed by atoms with Gasteiger partial charge in [0.25, 0.3) is 0 Å². The van der Waals surface area contributed by atoms with E-state index in [1.807, 2.05) is 18.2 Å². The molecule has 3 nitrogen and oxygen atoms in total. The molecule has 2 rings (SSSR count). The minimum atomic E-state index is 0.179. The number of benzene rings is 1. The number of halogens is 1. The van der Waals surface area contributed by atoms with E-state index < -0.39 is 0 Å². The summed E-state index contributed by atoms with van der Waals surface area (Å²) in [7, 11) is 0. The van der Waals surface area contributed by atoms with Gasteiger partial charge in [-0.3, -0.25) is 0 Å². The molecule has 2 aromatic rings. The summed E-state index contributed by atoms with van der Waals surface area (Å²) in [6, 6.07) is 7.91. The lowest BCUT2D eigenvalue weighted by Gasteiger charge is -2.20. The van der Waals surface area contributed by atoms with Gasteiger partial charge in [-0.05, 0) is 51.4 Å². The minimum absolute atomic E-state index is 0.179. The smallest absolute Gasteiger partial charge is 0.121 e. The Morgan fingerprint density at radius 2 is 1.95 bits per heavy atom. The van der Waals surface area contributed by atoms with Crippen molar-refractivity contribution >= 4 is 22.9 Å². The van der Waals surface area contributed by atoms with Gasteiger partial charge in [0, 0.05) is 23.4 Å². The van der Waals surface area contributed by atoms with E-state index in [0.717, 1.165) is 40.8 Å². The van der Waals surface area contributed by atoms with Gasteiger partial charge in [0.2, 0.25) is 0 Å². The summed E-state index contributed by atoms with van der Waals surface area (Å²) in [5, 5.41) is 15.0. The monoisotopic (exact) mass is 323 g/mol. The third-order valence-electron chi connectivity index (χ3n) is 2.98. The van der Waals surface area contributed by atoms with E-state index in [4.69, 9.17) is 11.6 Å². The highest BCUT2D eigenvalue weighted by Crippen LogP contribution is 2.18. The van der Waals surface area contributed by atoms with Crippen molar-refractivity contribution in [3.05, 3.63) is 44.9 Å². The Morgan fingerprint density at radius 3 is 2.67 bits per heavy atom. The number of nitrogens with one attached hydrogen (secondary N) is 1. The van der Waals surface area contributed by atoms with Gasteiger partial charge in [0.05, 0.1) is 0 Å². The van der Waals surface area contributed by atoms with Gasteiger partial charge in [-0.2, -0.15) is 0 Å². The van der Waals surface area contributed by atoms with Crippen molar-refractivity contribution in [1.29, 1.82) is 0 Å². The Bertz CT molecular complexity index is 575. The molecule has 1 heterocycles. The molecule has 0 saturated carbocycles. The van der Waals surface area contributed by atoms with Gasteiger partial charge in [-0.1, -0.05) is 23.7 Å². The second-order valence-electron chi connectivity index (χ2n) is 6.18. The highest BCUT2D eigenvalue weighted by Gasteiger charge is 2.09. The second-order valence-corrected chi connectivity index (χ2v) is 7.76. The summed E-state index contributed by atoms with van der Waals surface area (Å²) < 4.78 is 0. The number of aryl methyl sites for hydroxylation is 1. The summed E-state index contributed by atoms with van der Waals surface area (Å²) in [6.07, 6.45) is 2.87. The predicted molar refractivity (Wildman–Crippen MR) is 90.2 cm³/mol. The van der Waals surface area contributed by atoms with Crippen LogP contribution in [0.3, 0.4) is 0 Å². The molecular formula is C16H22ClN3S. The molecule has 0 fully saturated rings. The minimum Gasteiger partial charge on any atom is -0.312 e. The summed E-state index contributed by atoms with van der Waals surface area (Å²) >= 11 is 7.70. The lowest BCUT2D eigenvalue weighted by molar-refractivity contribution is 0.422. The van der Waals surface area contributed by atoms with E-state index in [0.29, 0.717) is 0 Å². The molecule has 1 aromatic heterocycles. The third kappa shape index (κ3) is 6.12. The van der Waals surface area contributed by atoms with Crippen molar-refractivity contribution in [3.63, 3.8) is 0 Å². The number of aromatic nitrogens is 2. The first-order valence-corrected chi connectivity index (χ1v) is 8.42. The molecule has 114 valence electrons. The van der Waals surface area contributed by atoms with Crippen LogP contribution in [-0.2, 0) is 12.8 Å². The van der Waals surface area contributed by atoms with Gasteiger partial charge >= 0.3 is 0 Å². The fourth-order valence-corrected chi connectivity index (χ4v) is 3.12. The Hall–Kier alpha value is -0.970. The fraction of sp³-hybridized carbons (Fsp3) is 0.500. The number of hydrogen-bond acceptors (Lipinski definition) is 4. The highest BCUT2D eigenvalue weighted by atomic mass is 35.5. The molecule has 0 amide bonds. The molecule has 0 aliphatic heterocycles. The van der Waals surface area contributed by atoms with Gasteiger partial charge in [0.1, 0.15) is 10.0 Å². The lowest BCUT2D eigenvalue weighted by Crippen LogP contribution is -2.36. The van der Waals surface area contributed by atoms with E-state index in [9.17, 15) is 0 Å². The van der Waals surface area contributed by atoms with E-state index in [-0.39, 0.29) is 5.54 Å². The van der Waals surface area contributed by atoms with Crippen LogP contribution in [0.1, 0.15) is 42.8 Å². The van der Waals surface area contributed by atoms with Crippen molar-refractivity contribution in [2.75, 3.05) is 6.54 Å². The Morgan fingerprint density at radius 1 is 1.19 bits per heavy atom. The van der Waals surface area contributed by atoms with Crippen LogP contribution in [0.5, 0.6) is 0 Å². The van der Waals surface area contributed by atoms with Gasteiger partial charge in [-0.15, -0.1) is 21.5 Å². The SMILES string of the molecule is CC(C)(C)NCCCc1nnc(Cc2cccc(Cl)c2)s1. The quantitative estimate of drug-likeness (QED) is 0.813. The summed E-state index contributed by atoms with van der Waals surface area (Å²) in [6.45, 7) is 7.55. The first-order valence-electron chi connectivity index (χ1n) is 7.23. The maximum Gasteiger partial charge on any atom is 0.121 e. The molecule has 0 unspecified atom stereocenters. The van der Waals surface area contributed by atoms with Crippen molar-refractivity contribution in [3.8, 4) is 0 Å². The normalized spacial score (nSPS) is 11.8. The first-order chi connectivity index (χ1) is 9.92. The molecule has 5 heteroatoms. The Labute approximate surface area is 135 Å². The number of rotatable bonds is 6. The molecule has 0 bridgehead atoms. The van der Waals surface area contributed by atoms with Crippen LogP contribution in [0.25, 0.3) is 0 Å². The van der Waals surface area contributed by atoms with Crippen LogP contribution in [-0.4, -0.2) is 22.3 Å². The van der Waals surface area contributed by atoms with E-state index in [1.54, 1.807) is 11.3 Å². The third-order valence-corrected chi connectivity index (χ3v) is 4.19. The summed E-state index contributed by atoms with van der Waals surface area (Å²) in [5.41, 5.74) is 1.36. The summed E-state index contributed by atoms with van der Waals surface area (Å²) in [4.78, 5) is 0. The standard InChI is InChI=1S/C16H22ClN3S/c1-16(2,3)18-9-5-8-14-19-20-15(21-14)11-12-6-4-7-13(17)10-12/h4,6-7,10,18H,5,8-9,11H2,1-3H3. The predicted octanol–water partition coefficient (Wildman–Crippen LogP) is 4.10. The number of hydrogen-bond donors (Lipinski definition) is 1. The molecule has 1 aromatic carbocycles. The molecule has 21 heavy (non-hydrogen) atoms. The van der Waals surface area contributed by atoms with Crippen LogP contribution in [0.4, 0.5) is 0 Å².